The number of H-pyrrole nitrogens is 1. The van der Waals surface area contributed by atoms with Crippen LogP contribution < -0.4 is 10.9 Å². The molecule has 0 fully saturated rings. The number of hydrogen-bond donors (Lipinski definition) is 2. The lowest BCUT2D eigenvalue weighted by Crippen LogP contribution is -2.25. The summed E-state index contributed by atoms with van der Waals surface area (Å²) in [6.45, 7) is 2.48. The summed E-state index contributed by atoms with van der Waals surface area (Å²) in [7, 11) is 1.90. The molecule has 0 aliphatic carbocycles. The quantitative estimate of drug-likeness (QED) is 0.761. The lowest BCUT2D eigenvalue weighted by atomic mass is 10.1. The van der Waals surface area contributed by atoms with Gasteiger partial charge in [0, 0.05) is 24.7 Å². The molecular weight excluding hydrogens is 266 g/mol. The van der Waals surface area contributed by atoms with E-state index < -0.39 is 0 Å². The van der Waals surface area contributed by atoms with E-state index in [9.17, 15) is 4.79 Å². The first kappa shape index (κ1) is 13.5. The Balaban J connectivity index is 1.80. The Kier molecular flexibility index (Phi) is 3.53. The van der Waals surface area contributed by atoms with Crippen LogP contribution in [0.3, 0.4) is 0 Å². The molecule has 6 nitrogen and oxygen atoms in total. The Morgan fingerprint density at radius 2 is 2.19 bits per heavy atom. The molecule has 0 saturated heterocycles. The maximum atomic E-state index is 12.1. The second-order valence-corrected chi connectivity index (χ2v) is 5.11. The van der Waals surface area contributed by atoms with Crippen LogP contribution in [0.5, 0.6) is 0 Å². The molecule has 21 heavy (non-hydrogen) atoms. The van der Waals surface area contributed by atoms with Gasteiger partial charge < -0.3 is 14.9 Å². The zero-order chi connectivity index (χ0) is 14.8. The van der Waals surface area contributed by atoms with Gasteiger partial charge in [0.1, 0.15) is 12.2 Å². The van der Waals surface area contributed by atoms with E-state index in [1.165, 1.54) is 0 Å². The number of benzene rings is 1. The van der Waals surface area contributed by atoms with Crippen LogP contribution in [0.25, 0.3) is 10.9 Å². The molecule has 108 valence electrons. The number of nitrogens with zero attached hydrogens (tertiary/aromatic N) is 3. The van der Waals surface area contributed by atoms with Crippen molar-refractivity contribution in [2.75, 3.05) is 0 Å². The number of aryl methyl sites for hydroxylation is 1. The fourth-order valence-electron chi connectivity index (χ4n) is 2.36. The standard InChI is InChI=1S/C15H17N5O/c1-10(14-19-17-9-20(14)2)16-8-12-7-11-5-3-4-6-13(11)18-15(12)21/h3-7,9-10,16H,8H2,1-2H3,(H,18,21). The maximum absolute atomic E-state index is 12.1. The molecule has 1 aromatic carbocycles. The molecule has 0 radical (unpaired) electrons. The number of pyridine rings is 1. The van der Waals surface area contributed by atoms with Gasteiger partial charge in [0.2, 0.25) is 0 Å². The average Bonchev–Trinajstić information content (AvgIpc) is 2.91. The van der Waals surface area contributed by atoms with Crippen molar-refractivity contribution in [3.8, 4) is 0 Å². The van der Waals surface area contributed by atoms with Gasteiger partial charge in [-0.3, -0.25) is 4.79 Å². The highest BCUT2D eigenvalue weighted by Gasteiger charge is 2.11. The van der Waals surface area contributed by atoms with Crippen LogP contribution in [0.15, 0.2) is 41.5 Å². The second-order valence-electron chi connectivity index (χ2n) is 5.11. The van der Waals surface area contributed by atoms with E-state index in [4.69, 9.17) is 0 Å². The monoisotopic (exact) mass is 283 g/mol. The van der Waals surface area contributed by atoms with Gasteiger partial charge in [-0.1, -0.05) is 18.2 Å². The zero-order valence-corrected chi connectivity index (χ0v) is 12.0. The van der Waals surface area contributed by atoms with E-state index in [1.807, 2.05) is 48.9 Å². The summed E-state index contributed by atoms with van der Waals surface area (Å²) in [5, 5.41) is 12.3. The van der Waals surface area contributed by atoms with E-state index >= 15 is 0 Å². The molecule has 2 aromatic heterocycles. The van der Waals surface area contributed by atoms with Crippen molar-refractivity contribution in [1.82, 2.24) is 25.1 Å². The molecular formula is C15H17N5O. The first-order valence-electron chi connectivity index (χ1n) is 6.83. The van der Waals surface area contributed by atoms with Crippen LogP contribution in [0.1, 0.15) is 24.4 Å². The number of fused-ring (bicyclic) bond motifs is 1. The van der Waals surface area contributed by atoms with Gasteiger partial charge in [0.05, 0.1) is 6.04 Å². The van der Waals surface area contributed by atoms with E-state index in [-0.39, 0.29) is 11.6 Å². The van der Waals surface area contributed by atoms with Gasteiger partial charge in [0.15, 0.2) is 0 Å². The largest absolute Gasteiger partial charge is 0.322 e. The smallest absolute Gasteiger partial charge is 0.252 e. The van der Waals surface area contributed by atoms with Crippen molar-refractivity contribution in [2.45, 2.75) is 19.5 Å². The minimum Gasteiger partial charge on any atom is -0.322 e. The topological polar surface area (TPSA) is 75.6 Å². The van der Waals surface area contributed by atoms with Gasteiger partial charge in [-0.05, 0) is 24.4 Å². The first-order chi connectivity index (χ1) is 10.1. The highest BCUT2D eigenvalue weighted by atomic mass is 16.1. The van der Waals surface area contributed by atoms with Crippen molar-refractivity contribution in [3.05, 3.63) is 58.4 Å². The minimum absolute atomic E-state index is 0.0170. The van der Waals surface area contributed by atoms with E-state index in [0.717, 1.165) is 16.7 Å². The minimum atomic E-state index is -0.0636. The zero-order valence-electron chi connectivity index (χ0n) is 12.0. The Morgan fingerprint density at radius 1 is 1.38 bits per heavy atom. The molecule has 0 aliphatic rings. The van der Waals surface area contributed by atoms with Crippen LogP contribution in [-0.4, -0.2) is 19.7 Å². The summed E-state index contributed by atoms with van der Waals surface area (Å²) in [4.78, 5) is 15.0. The molecule has 2 heterocycles. The molecule has 1 atom stereocenters. The van der Waals surface area contributed by atoms with Gasteiger partial charge in [-0.2, -0.15) is 0 Å². The van der Waals surface area contributed by atoms with Gasteiger partial charge in [0.25, 0.3) is 5.56 Å². The molecule has 3 aromatic rings. The van der Waals surface area contributed by atoms with Crippen LogP contribution >= 0.6 is 0 Å². The summed E-state index contributed by atoms with van der Waals surface area (Å²) >= 11 is 0. The number of aromatic nitrogens is 4. The van der Waals surface area contributed by atoms with E-state index in [0.29, 0.717) is 12.1 Å². The fourth-order valence-corrected chi connectivity index (χ4v) is 2.36. The van der Waals surface area contributed by atoms with Crippen LogP contribution in [0.2, 0.25) is 0 Å². The number of aromatic amines is 1. The Morgan fingerprint density at radius 3 is 2.95 bits per heavy atom. The van der Waals surface area contributed by atoms with Crippen molar-refractivity contribution in [2.24, 2.45) is 7.05 Å². The molecule has 1 unspecified atom stereocenters. The predicted molar refractivity (Wildman–Crippen MR) is 80.8 cm³/mol. The summed E-state index contributed by atoms with van der Waals surface area (Å²) in [5.74, 6) is 0.840. The number of hydrogen-bond acceptors (Lipinski definition) is 4. The lowest BCUT2D eigenvalue weighted by Gasteiger charge is -2.12. The molecule has 0 saturated carbocycles. The third-order valence-corrected chi connectivity index (χ3v) is 3.56. The fraction of sp³-hybridized carbons (Fsp3) is 0.267. The van der Waals surface area contributed by atoms with Gasteiger partial charge >= 0.3 is 0 Å². The molecule has 0 spiro atoms. The Hall–Kier alpha value is -2.47. The summed E-state index contributed by atoms with van der Waals surface area (Å²) in [6.07, 6.45) is 1.66. The first-order valence-corrected chi connectivity index (χ1v) is 6.83. The van der Waals surface area contributed by atoms with E-state index in [2.05, 4.69) is 20.5 Å². The lowest BCUT2D eigenvalue weighted by molar-refractivity contribution is 0.527. The summed E-state index contributed by atoms with van der Waals surface area (Å²) in [5.41, 5.74) is 1.50. The summed E-state index contributed by atoms with van der Waals surface area (Å²) < 4.78 is 1.86. The third kappa shape index (κ3) is 2.71. The SMILES string of the molecule is CC(NCc1cc2ccccc2[nH]c1=O)c1nncn1C. The maximum Gasteiger partial charge on any atom is 0.252 e. The summed E-state index contributed by atoms with van der Waals surface area (Å²) in [6, 6.07) is 9.69. The second kappa shape index (κ2) is 5.49. The third-order valence-electron chi connectivity index (χ3n) is 3.56. The molecule has 6 heteroatoms. The van der Waals surface area contributed by atoms with Crippen LogP contribution in [-0.2, 0) is 13.6 Å². The van der Waals surface area contributed by atoms with Gasteiger partial charge in [-0.15, -0.1) is 10.2 Å². The van der Waals surface area contributed by atoms with Crippen LogP contribution in [0, 0.1) is 0 Å². The average molecular weight is 283 g/mol. The Labute approximate surface area is 121 Å². The van der Waals surface area contributed by atoms with Crippen molar-refractivity contribution < 1.29 is 0 Å². The molecule has 0 amide bonds. The van der Waals surface area contributed by atoms with Crippen molar-refractivity contribution in [3.63, 3.8) is 0 Å². The molecule has 3 rings (SSSR count). The number of rotatable bonds is 4. The number of nitrogens with one attached hydrogen (secondary N) is 2. The Bertz CT molecular complexity index is 820. The van der Waals surface area contributed by atoms with Gasteiger partial charge in [-0.25, -0.2) is 0 Å². The molecule has 0 aliphatic heterocycles. The predicted octanol–water partition coefficient (Wildman–Crippen LogP) is 1.51. The van der Waals surface area contributed by atoms with Crippen molar-refractivity contribution in [1.29, 1.82) is 0 Å². The number of para-hydroxylation sites is 1. The van der Waals surface area contributed by atoms with E-state index in [1.54, 1.807) is 6.33 Å². The normalized spacial score (nSPS) is 12.7. The highest BCUT2D eigenvalue weighted by Crippen LogP contribution is 2.12. The highest BCUT2D eigenvalue weighted by molar-refractivity contribution is 5.78. The molecule has 0 bridgehead atoms. The van der Waals surface area contributed by atoms with Crippen molar-refractivity contribution >= 4 is 10.9 Å². The molecule has 2 N–H and O–H groups in total. The van der Waals surface area contributed by atoms with Crippen LogP contribution in [0.4, 0.5) is 0 Å².